The van der Waals surface area contributed by atoms with Gasteiger partial charge in [0.15, 0.2) is 12.0 Å². The van der Waals surface area contributed by atoms with Gasteiger partial charge in [0.1, 0.15) is 5.76 Å². The number of benzene rings is 1. The summed E-state index contributed by atoms with van der Waals surface area (Å²) < 4.78 is 7.19. The number of aryl methyl sites for hydroxylation is 1. The van der Waals surface area contributed by atoms with Crippen LogP contribution >= 0.6 is 0 Å². The highest BCUT2D eigenvalue weighted by Gasteiger charge is 2.06. The number of carbonyl (C=O) groups excluding carboxylic acids is 1. The second kappa shape index (κ2) is 4.57. The van der Waals surface area contributed by atoms with Crippen molar-refractivity contribution < 1.29 is 9.21 Å². The predicted molar refractivity (Wildman–Crippen MR) is 71.7 cm³/mol. The molecule has 19 heavy (non-hydrogen) atoms. The van der Waals surface area contributed by atoms with Crippen LogP contribution in [0.25, 0.3) is 22.5 Å². The first-order valence-corrected chi connectivity index (χ1v) is 5.91. The standard InChI is InChI=1S/C15H12N2O2/c1-17-9-13(8-16-17)11-3-2-4-12(7-11)15-6-5-14(10-18)19-15/h2-10H,1H3. The van der Waals surface area contributed by atoms with E-state index in [4.69, 9.17) is 4.42 Å². The molecule has 0 fully saturated rings. The zero-order valence-electron chi connectivity index (χ0n) is 10.4. The van der Waals surface area contributed by atoms with E-state index in [-0.39, 0.29) is 0 Å². The maximum absolute atomic E-state index is 10.6. The number of hydrogen-bond donors (Lipinski definition) is 0. The van der Waals surface area contributed by atoms with Crippen LogP contribution in [0.4, 0.5) is 0 Å². The van der Waals surface area contributed by atoms with E-state index in [0.29, 0.717) is 17.8 Å². The van der Waals surface area contributed by atoms with Crippen molar-refractivity contribution in [3.05, 3.63) is 54.6 Å². The first-order valence-electron chi connectivity index (χ1n) is 5.91. The van der Waals surface area contributed by atoms with Gasteiger partial charge >= 0.3 is 0 Å². The highest BCUT2D eigenvalue weighted by Crippen LogP contribution is 2.27. The molecule has 0 radical (unpaired) electrons. The van der Waals surface area contributed by atoms with E-state index in [0.717, 1.165) is 16.7 Å². The summed E-state index contributed by atoms with van der Waals surface area (Å²) in [4.78, 5) is 10.6. The number of furan rings is 1. The van der Waals surface area contributed by atoms with Gasteiger partial charge in [-0.15, -0.1) is 0 Å². The summed E-state index contributed by atoms with van der Waals surface area (Å²) >= 11 is 0. The monoisotopic (exact) mass is 252 g/mol. The molecule has 1 aromatic carbocycles. The van der Waals surface area contributed by atoms with E-state index in [1.54, 1.807) is 16.8 Å². The Bertz CT molecular complexity index is 725. The highest BCUT2D eigenvalue weighted by atomic mass is 16.3. The summed E-state index contributed by atoms with van der Waals surface area (Å²) in [7, 11) is 1.89. The van der Waals surface area contributed by atoms with Crippen molar-refractivity contribution in [3.8, 4) is 22.5 Å². The van der Waals surface area contributed by atoms with Crippen LogP contribution in [0.2, 0.25) is 0 Å². The molecule has 4 nitrogen and oxygen atoms in total. The van der Waals surface area contributed by atoms with Crippen LogP contribution < -0.4 is 0 Å². The highest BCUT2D eigenvalue weighted by molar-refractivity contribution is 5.74. The van der Waals surface area contributed by atoms with E-state index in [1.807, 2.05) is 43.7 Å². The van der Waals surface area contributed by atoms with E-state index in [9.17, 15) is 4.79 Å². The molecule has 0 bridgehead atoms. The first-order chi connectivity index (χ1) is 9.26. The summed E-state index contributed by atoms with van der Waals surface area (Å²) in [6.45, 7) is 0. The Morgan fingerprint density at radius 3 is 2.68 bits per heavy atom. The number of rotatable bonds is 3. The van der Waals surface area contributed by atoms with Gasteiger partial charge < -0.3 is 4.42 Å². The Hall–Kier alpha value is -2.62. The number of carbonyl (C=O) groups is 1. The molecule has 0 atom stereocenters. The maximum atomic E-state index is 10.6. The maximum Gasteiger partial charge on any atom is 0.185 e. The minimum Gasteiger partial charge on any atom is -0.453 e. The average molecular weight is 252 g/mol. The van der Waals surface area contributed by atoms with Gasteiger partial charge in [0.25, 0.3) is 0 Å². The Morgan fingerprint density at radius 2 is 2.00 bits per heavy atom. The lowest BCUT2D eigenvalue weighted by atomic mass is 10.1. The van der Waals surface area contributed by atoms with Gasteiger partial charge in [-0.3, -0.25) is 9.48 Å². The van der Waals surface area contributed by atoms with E-state index >= 15 is 0 Å². The van der Waals surface area contributed by atoms with Crippen LogP contribution in [0.15, 0.2) is 53.2 Å². The van der Waals surface area contributed by atoms with Gasteiger partial charge in [-0.2, -0.15) is 5.10 Å². The third-order valence-corrected chi connectivity index (χ3v) is 2.93. The van der Waals surface area contributed by atoms with Crippen molar-refractivity contribution in [2.45, 2.75) is 0 Å². The molecule has 3 aromatic rings. The molecule has 0 aliphatic rings. The van der Waals surface area contributed by atoms with Crippen molar-refractivity contribution in [2.75, 3.05) is 0 Å². The molecule has 0 saturated carbocycles. The summed E-state index contributed by atoms with van der Waals surface area (Å²) in [6, 6.07) is 11.4. The minimum absolute atomic E-state index is 0.335. The summed E-state index contributed by atoms with van der Waals surface area (Å²) in [5.41, 5.74) is 3.05. The fourth-order valence-corrected chi connectivity index (χ4v) is 1.99. The van der Waals surface area contributed by atoms with E-state index in [2.05, 4.69) is 5.10 Å². The molecular formula is C15H12N2O2. The topological polar surface area (TPSA) is 48.0 Å². The second-order valence-corrected chi connectivity index (χ2v) is 4.30. The third-order valence-electron chi connectivity index (χ3n) is 2.93. The van der Waals surface area contributed by atoms with Crippen molar-refractivity contribution in [1.29, 1.82) is 0 Å². The largest absolute Gasteiger partial charge is 0.453 e. The fraction of sp³-hybridized carbons (Fsp3) is 0.0667. The first kappa shape index (κ1) is 11.5. The number of aromatic nitrogens is 2. The quantitative estimate of drug-likeness (QED) is 0.673. The van der Waals surface area contributed by atoms with Gasteiger partial charge in [-0.05, 0) is 23.8 Å². The van der Waals surface area contributed by atoms with Crippen molar-refractivity contribution in [2.24, 2.45) is 7.05 Å². The SMILES string of the molecule is Cn1cc(-c2cccc(-c3ccc(C=O)o3)c2)cn1. The van der Waals surface area contributed by atoms with Crippen LogP contribution in [-0.2, 0) is 7.05 Å². The molecule has 2 aromatic heterocycles. The van der Waals surface area contributed by atoms with Crippen molar-refractivity contribution in [1.82, 2.24) is 9.78 Å². The Labute approximate surface area is 110 Å². The summed E-state index contributed by atoms with van der Waals surface area (Å²) in [5, 5.41) is 4.16. The molecular weight excluding hydrogens is 240 g/mol. The molecule has 4 heteroatoms. The van der Waals surface area contributed by atoms with Crippen LogP contribution in [0, 0.1) is 0 Å². The smallest absolute Gasteiger partial charge is 0.185 e. The molecule has 0 saturated heterocycles. The van der Waals surface area contributed by atoms with E-state index in [1.165, 1.54) is 0 Å². The predicted octanol–water partition coefficient (Wildman–Crippen LogP) is 3.16. The summed E-state index contributed by atoms with van der Waals surface area (Å²) in [6.07, 6.45) is 4.48. The van der Waals surface area contributed by atoms with Crippen LogP contribution in [-0.4, -0.2) is 16.1 Å². The molecule has 0 spiro atoms. The van der Waals surface area contributed by atoms with Gasteiger partial charge in [0.2, 0.25) is 0 Å². The molecule has 0 aliphatic carbocycles. The zero-order chi connectivity index (χ0) is 13.2. The number of hydrogen-bond acceptors (Lipinski definition) is 3. The van der Waals surface area contributed by atoms with Crippen molar-refractivity contribution in [3.63, 3.8) is 0 Å². The molecule has 94 valence electrons. The van der Waals surface area contributed by atoms with Gasteiger partial charge in [0, 0.05) is 24.4 Å². The van der Waals surface area contributed by atoms with Gasteiger partial charge in [-0.25, -0.2) is 0 Å². The minimum atomic E-state index is 0.335. The lowest BCUT2D eigenvalue weighted by molar-refractivity contribution is 0.110. The molecule has 0 amide bonds. The van der Waals surface area contributed by atoms with Gasteiger partial charge in [0.05, 0.1) is 6.20 Å². The van der Waals surface area contributed by atoms with Crippen molar-refractivity contribution >= 4 is 6.29 Å². The molecule has 0 N–H and O–H groups in total. The number of nitrogens with zero attached hydrogens (tertiary/aromatic N) is 2. The Morgan fingerprint density at radius 1 is 1.16 bits per heavy atom. The Kier molecular flexibility index (Phi) is 2.76. The average Bonchev–Trinajstić information content (AvgIpc) is 3.07. The summed E-state index contributed by atoms with van der Waals surface area (Å²) in [5.74, 6) is 1.02. The van der Waals surface area contributed by atoms with E-state index < -0.39 is 0 Å². The lowest BCUT2D eigenvalue weighted by Crippen LogP contribution is -1.84. The Balaban J connectivity index is 2.02. The van der Waals surface area contributed by atoms with Gasteiger partial charge in [-0.1, -0.05) is 18.2 Å². The van der Waals surface area contributed by atoms with Crippen LogP contribution in [0.1, 0.15) is 10.6 Å². The van der Waals surface area contributed by atoms with Crippen LogP contribution in [0.3, 0.4) is 0 Å². The fourth-order valence-electron chi connectivity index (χ4n) is 1.99. The molecule has 2 heterocycles. The normalized spacial score (nSPS) is 10.6. The third kappa shape index (κ3) is 2.20. The molecule has 3 rings (SSSR count). The molecule has 0 unspecified atom stereocenters. The lowest BCUT2D eigenvalue weighted by Gasteiger charge is -2.01. The van der Waals surface area contributed by atoms with Crippen LogP contribution in [0.5, 0.6) is 0 Å². The zero-order valence-corrected chi connectivity index (χ0v) is 10.4. The second-order valence-electron chi connectivity index (χ2n) is 4.30. The number of aldehydes is 1. The molecule has 0 aliphatic heterocycles.